The number of amides is 1. The number of pyridine rings is 1. The van der Waals surface area contributed by atoms with Crippen LogP contribution in [0.3, 0.4) is 0 Å². The van der Waals surface area contributed by atoms with Gasteiger partial charge in [-0.1, -0.05) is 30.3 Å². The van der Waals surface area contributed by atoms with Crippen LogP contribution >= 0.6 is 0 Å². The van der Waals surface area contributed by atoms with E-state index >= 15 is 0 Å². The first kappa shape index (κ1) is 16.6. The smallest absolute Gasteiger partial charge is 0.230 e. The quantitative estimate of drug-likeness (QED) is 0.701. The van der Waals surface area contributed by atoms with Crippen LogP contribution in [-0.2, 0) is 11.2 Å². The van der Waals surface area contributed by atoms with Crippen LogP contribution in [0.4, 0.5) is 0 Å². The van der Waals surface area contributed by atoms with E-state index in [2.05, 4.69) is 4.98 Å². The van der Waals surface area contributed by atoms with Crippen molar-refractivity contribution in [3.63, 3.8) is 0 Å². The predicted octanol–water partition coefficient (Wildman–Crippen LogP) is 4.02. The average molecular weight is 346 g/mol. The molecule has 1 amide bonds. The molecule has 2 unspecified atom stereocenters. The molecule has 0 spiro atoms. The largest absolute Gasteiger partial charge is 0.469 e. The molecule has 4 heteroatoms. The molecule has 4 rings (SSSR count). The van der Waals surface area contributed by atoms with Gasteiger partial charge in [0.15, 0.2) is 0 Å². The Balaban J connectivity index is 1.54. The lowest BCUT2D eigenvalue weighted by Gasteiger charge is -2.24. The van der Waals surface area contributed by atoms with Gasteiger partial charge in [0.2, 0.25) is 5.91 Å². The van der Waals surface area contributed by atoms with Crippen molar-refractivity contribution in [2.45, 2.75) is 24.7 Å². The first-order valence-corrected chi connectivity index (χ1v) is 9.07. The molecule has 2 aromatic heterocycles. The van der Waals surface area contributed by atoms with E-state index in [-0.39, 0.29) is 11.8 Å². The topological polar surface area (TPSA) is 46.3 Å². The van der Waals surface area contributed by atoms with Crippen LogP contribution in [0, 0.1) is 0 Å². The Bertz CT molecular complexity index is 831. The van der Waals surface area contributed by atoms with Crippen LogP contribution in [0.2, 0.25) is 0 Å². The second kappa shape index (κ2) is 7.56. The number of carbonyl (C=O) groups excluding carboxylic acids is 1. The van der Waals surface area contributed by atoms with Crippen molar-refractivity contribution >= 4 is 5.91 Å². The van der Waals surface area contributed by atoms with E-state index in [4.69, 9.17) is 4.42 Å². The predicted molar refractivity (Wildman–Crippen MR) is 99.8 cm³/mol. The van der Waals surface area contributed by atoms with Gasteiger partial charge < -0.3 is 9.32 Å². The number of aromatic nitrogens is 1. The van der Waals surface area contributed by atoms with Gasteiger partial charge in [0.1, 0.15) is 5.76 Å². The number of furan rings is 1. The number of rotatable bonds is 5. The Hall–Kier alpha value is -2.88. The SMILES string of the molecule is O=C(C(Cc1ccncc1)c1ccccc1)N1CCC(c2ccco2)C1. The lowest BCUT2D eigenvalue weighted by molar-refractivity contribution is -0.131. The van der Waals surface area contributed by atoms with Gasteiger partial charge in [-0.2, -0.15) is 0 Å². The Morgan fingerprint density at radius 1 is 1.12 bits per heavy atom. The van der Waals surface area contributed by atoms with Gasteiger partial charge in [-0.05, 0) is 48.2 Å². The van der Waals surface area contributed by atoms with Gasteiger partial charge in [-0.15, -0.1) is 0 Å². The maximum absolute atomic E-state index is 13.3. The molecular weight excluding hydrogens is 324 g/mol. The highest BCUT2D eigenvalue weighted by Crippen LogP contribution is 2.31. The standard InChI is InChI=1S/C22H22N2O2/c25-22(24-13-10-19(16-24)21-7-4-14-26-21)20(18-5-2-1-3-6-18)15-17-8-11-23-12-9-17/h1-9,11-12,14,19-20H,10,13,15-16H2. The summed E-state index contributed by atoms with van der Waals surface area (Å²) >= 11 is 0. The second-order valence-corrected chi connectivity index (χ2v) is 6.81. The van der Waals surface area contributed by atoms with Crippen LogP contribution in [-0.4, -0.2) is 28.9 Å². The van der Waals surface area contributed by atoms with Crippen LogP contribution in [0.1, 0.15) is 35.1 Å². The van der Waals surface area contributed by atoms with Crippen molar-refractivity contribution in [3.05, 3.63) is 90.1 Å². The molecule has 132 valence electrons. The molecule has 26 heavy (non-hydrogen) atoms. The van der Waals surface area contributed by atoms with Gasteiger partial charge in [0.05, 0.1) is 12.2 Å². The summed E-state index contributed by atoms with van der Waals surface area (Å²) in [6.07, 6.45) is 6.91. The van der Waals surface area contributed by atoms with E-state index in [9.17, 15) is 4.79 Å². The van der Waals surface area contributed by atoms with Crippen molar-refractivity contribution in [2.75, 3.05) is 13.1 Å². The van der Waals surface area contributed by atoms with Crippen LogP contribution < -0.4 is 0 Å². The number of carbonyl (C=O) groups is 1. The summed E-state index contributed by atoms with van der Waals surface area (Å²) in [6.45, 7) is 1.51. The molecule has 1 fully saturated rings. The van der Waals surface area contributed by atoms with Crippen molar-refractivity contribution < 1.29 is 9.21 Å². The molecule has 1 aromatic carbocycles. The molecule has 2 atom stereocenters. The van der Waals surface area contributed by atoms with Gasteiger partial charge >= 0.3 is 0 Å². The first-order valence-electron chi connectivity index (χ1n) is 9.07. The van der Waals surface area contributed by atoms with E-state index in [0.717, 1.165) is 36.4 Å². The van der Waals surface area contributed by atoms with Crippen molar-refractivity contribution in [1.82, 2.24) is 9.88 Å². The zero-order chi connectivity index (χ0) is 17.8. The lowest BCUT2D eigenvalue weighted by Crippen LogP contribution is -2.34. The highest BCUT2D eigenvalue weighted by atomic mass is 16.3. The molecule has 1 saturated heterocycles. The number of likely N-dealkylation sites (tertiary alicyclic amines) is 1. The van der Waals surface area contributed by atoms with Crippen LogP contribution in [0.25, 0.3) is 0 Å². The molecular formula is C22H22N2O2. The molecule has 0 bridgehead atoms. The summed E-state index contributed by atoms with van der Waals surface area (Å²) in [5.74, 6) is 1.30. The van der Waals surface area contributed by atoms with Gasteiger partial charge in [0, 0.05) is 31.4 Å². The second-order valence-electron chi connectivity index (χ2n) is 6.81. The average Bonchev–Trinajstić information content (AvgIpc) is 3.38. The molecule has 0 radical (unpaired) electrons. The summed E-state index contributed by atoms with van der Waals surface area (Å²) in [7, 11) is 0. The van der Waals surface area contributed by atoms with E-state index in [1.54, 1.807) is 18.7 Å². The maximum Gasteiger partial charge on any atom is 0.230 e. The highest BCUT2D eigenvalue weighted by Gasteiger charge is 2.33. The number of nitrogens with zero attached hydrogens (tertiary/aromatic N) is 2. The van der Waals surface area contributed by atoms with Gasteiger partial charge in [-0.25, -0.2) is 0 Å². The van der Waals surface area contributed by atoms with Gasteiger partial charge in [0.25, 0.3) is 0 Å². The normalized spacial score (nSPS) is 18.0. The monoisotopic (exact) mass is 346 g/mol. The third-order valence-corrected chi connectivity index (χ3v) is 5.13. The van der Waals surface area contributed by atoms with Gasteiger partial charge in [-0.3, -0.25) is 9.78 Å². The first-order chi connectivity index (χ1) is 12.8. The maximum atomic E-state index is 13.3. The van der Waals surface area contributed by atoms with E-state index in [1.807, 2.05) is 59.5 Å². The van der Waals surface area contributed by atoms with E-state index in [0.29, 0.717) is 12.3 Å². The Morgan fingerprint density at radius 2 is 1.92 bits per heavy atom. The molecule has 3 aromatic rings. The zero-order valence-electron chi connectivity index (χ0n) is 14.6. The minimum absolute atomic E-state index is 0.172. The molecule has 4 nitrogen and oxygen atoms in total. The molecule has 1 aliphatic rings. The molecule has 1 aliphatic heterocycles. The molecule has 0 aliphatic carbocycles. The minimum Gasteiger partial charge on any atom is -0.469 e. The molecule has 0 saturated carbocycles. The van der Waals surface area contributed by atoms with E-state index < -0.39 is 0 Å². The number of benzene rings is 1. The van der Waals surface area contributed by atoms with Crippen molar-refractivity contribution in [1.29, 1.82) is 0 Å². The molecule has 0 N–H and O–H groups in total. The van der Waals surface area contributed by atoms with Crippen LogP contribution in [0.15, 0.2) is 77.7 Å². The lowest BCUT2D eigenvalue weighted by atomic mass is 9.91. The Labute approximate surface area is 153 Å². The summed E-state index contributed by atoms with van der Waals surface area (Å²) in [6, 6.07) is 18.0. The van der Waals surface area contributed by atoms with Crippen LogP contribution in [0.5, 0.6) is 0 Å². The fraction of sp³-hybridized carbons (Fsp3) is 0.273. The summed E-state index contributed by atoms with van der Waals surface area (Å²) in [4.78, 5) is 19.4. The number of hydrogen-bond donors (Lipinski definition) is 0. The van der Waals surface area contributed by atoms with Crippen molar-refractivity contribution in [2.24, 2.45) is 0 Å². The third-order valence-electron chi connectivity index (χ3n) is 5.13. The zero-order valence-corrected chi connectivity index (χ0v) is 14.6. The third kappa shape index (κ3) is 3.54. The summed E-state index contributed by atoms with van der Waals surface area (Å²) in [5.41, 5.74) is 2.19. The van der Waals surface area contributed by atoms with Crippen molar-refractivity contribution in [3.8, 4) is 0 Å². The fourth-order valence-electron chi connectivity index (χ4n) is 3.72. The summed E-state index contributed by atoms with van der Waals surface area (Å²) < 4.78 is 5.54. The Morgan fingerprint density at radius 3 is 2.65 bits per heavy atom. The van der Waals surface area contributed by atoms with E-state index in [1.165, 1.54) is 0 Å². The highest BCUT2D eigenvalue weighted by molar-refractivity contribution is 5.84. The number of hydrogen-bond acceptors (Lipinski definition) is 3. The Kier molecular flexibility index (Phi) is 4.82. The minimum atomic E-state index is -0.172. The fourth-order valence-corrected chi connectivity index (χ4v) is 3.72. The summed E-state index contributed by atoms with van der Waals surface area (Å²) in [5, 5.41) is 0. The molecule has 3 heterocycles.